The Bertz CT molecular complexity index is 797. The summed E-state index contributed by atoms with van der Waals surface area (Å²) in [5.74, 6) is 0. The Hall–Kier alpha value is -1.00. The summed E-state index contributed by atoms with van der Waals surface area (Å²) < 4.78 is 0.902. The Kier molecular flexibility index (Phi) is 4.03. The van der Waals surface area contributed by atoms with E-state index < -0.39 is 0 Å². The van der Waals surface area contributed by atoms with Crippen LogP contribution in [0.5, 0.6) is 0 Å². The Labute approximate surface area is 135 Å². The molecular formula is C16H11ClS3. The highest BCUT2D eigenvalue weighted by Gasteiger charge is 2.14. The molecule has 0 atom stereocenters. The van der Waals surface area contributed by atoms with E-state index in [0.29, 0.717) is 0 Å². The van der Waals surface area contributed by atoms with Crippen molar-refractivity contribution in [1.82, 2.24) is 0 Å². The third-order valence-electron chi connectivity index (χ3n) is 3.09. The largest absolute Gasteiger partial charge is 0.110 e. The van der Waals surface area contributed by atoms with Crippen LogP contribution in [-0.2, 0) is 0 Å². The number of hydrogen-bond acceptors (Lipinski definition) is 3. The second kappa shape index (κ2) is 5.78. The van der Waals surface area contributed by atoms with Gasteiger partial charge in [0, 0.05) is 16.1 Å². The van der Waals surface area contributed by atoms with E-state index in [2.05, 4.69) is 31.2 Å². The first-order chi connectivity index (χ1) is 9.66. The highest BCUT2D eigenvalue weighted by Crippen LogP contribution is 2.43. The molecule has 0 radical (unpaired) electrons. The zero-order chi connectivity index (χ0) is 14.1. The van der Waals surface area contributed by atoms with Crippen LogP contribution in [0.15, 0.2) is 48.5 Å². The second-order valence-corrected chi connectivity index (χ2v) is 7.73. The van der Waals surface area contributed by atoms with Gasteiger partial charge in [0.1, 0.15) is 3.82 Å². The normalized spacial score (nSPS) is 10.7. The average Bonchev–Trinajstić information content (AvgIpc) is 2.82. The summed E-state index contributed by atoms with van der Waals surface area (Å²) in [6.45, 7) is 2.09. The van der Waals surface area contributed by atoms with Crippen LogP contribution >= 0.6 is 44.5 Å². The van der Waals surface area contributed by atoms with Crippen molar-refractivity contribution >= 4 is 44.5 Å². The van der Waals surface area contributed by atoms with Crippen LogP contribution in [0, 0.1) is 10.7 Å². The van der Waals surface area contributed by atoms with Crippen molar-refractivity contribution in [3.63, 3.8) is 0 Å². The molecule has 0 spiro atoms. The number of rotatable bonds is 2. The summed E-state index contributed by atoms with van der Waals surface area (Å²) in [7, 11) is 3.35. The quantitative estimate of drug-likeness (QED) is 0.365. The average molecular weight is 335 g/mol. The lowest BCUT2D eigenvalue weighted by Gasteiger charge is -2.06. The monoisotopic (exact) mass is 334 g/mol. The molecular weight excluding hydrogens is 324 g/mol. The molecule has 1 aromatic heterocycles. The zero-order valence-corrected chi connectivity index (χ0v) is 13.9. The van der Waals surface area contributed by atoms with Gasteiger partial charge in [0.05, 0.1) is 4.88 Å². The SMILES string of the molecule is Cc1ccc(-c2ssc(=S)c2-c2ccccc2Cl)cc1. The van der Waals surface area contributed by atoms with Gasteiger partial charge in [0.2, 0.25) is 0 Å². The standard InChI is InChI=1S/C16H11ClS3/c1-10-6-8-11(9-7-10)15-14(16(18)20-19-15)12-4-2-3-5-13(12)17/h2-9H,1H3. The fourth-order valence-corrected chi connectivity index (χ4v) is 5.17. The molecule has 4 heteroatoms. The van der Waals surface area contributed by atoms with Gasteiger partial charge in [-0.2, -0.15) is 0 Å². The molecule has 0 N–H and O–H groups in total. The van der Waals surface area contributed by atoms with E-state index in [9.17, 15) is 0 Å². The molecule has 20 heavy (non-hydrogen) atoms. The Balaban J connectivity index is 2.23. The van der Waals surface area contributed by atoms with Crippen LogP contribution in [0.2, 0.25) is 5.02 Å². The number of halogens is 1. The van der Waals surface area contributed by atoms with Gasteiger partial charge < -0.3 is 0 Å². The van der Waals surface area contributed by atoms with Gasteiger partial charge in [0.15, 0.2) is 0 Å². The molecule has 0 aliphatic carbocycles. The van der Waals surface area contributed by atoms with Gasteiger partial charge in [0.25, 0.3) is 0 Å². The van der Waals surface area contributed by atoms with Crippen LogP contribution in [0.25, 0.3) is 21.6 Å². The molecule has 100 valence electrons. The van der Waals surface area contributed by atoms with Crippen molar-refractivity contribution in [2.24, 2.45) is 0 Å². The minimum atomic E-state index is 0.748. The maximum Gasteiger partial charge on any atom is 0.110 e. The van der Waals surface area contributed by atoms with Crippen molar-refractivity contribution in [2.75, 3.05) is 0 Å². The maximum atomic E-state index is 6.34. The molecule has 0 unspecified atom stereocenters. The second-order valence-electron chi connectivity index (χ2n) is 4.50. The van der Waals surface area contributed by atoms with Crippen molar-refractivity contribution in [2.45, 2.75) is 6.92 Å². The summed E-state index contributed by atoms with van der Waals surface area (Å²) in [4.78, 5) is 1.20. The minimum absolute atomic E-state index is 0.748. The van der Waals surface area contributed by atoms with E-state index in [1.807, 2.05) is 24.3 Å². The predicted octanol–water partition coefficient (Wildman–Crippen LogP) is 6.83. The van der Waals surface area contributed by atoms with Gasteiger partial charge in [-0.15, -0.1) is 0 Å². The lowest BCUT2D eigenvalue weighted by Crippen LogP contribution is -1.82. The maximum absolute atomic E-state index is 6.34. The molecule has 0 saturated carbocycles. The first-order valence-electron chi connectivity index (χ1n) is 6.12. The van der Waals surface area contributed by atoms with E-state index in [-0.39, 0.29) is 0 Å². The molecule has 0 fully saturated rings. The predicted molar refractivity (Wildman–Crippen MR) is 93.6 cm³/mol. The Morgan fingerprint density at radius 1 is 0.950 bits per heavy atom. The third kappa shape index (κ3) is 2.59. The Morgan fingerprint density at radius 2 is 1.65 bits per heavy atom. The van der Waals surface area contributed by atoms with E-state index in [4.69, 9.17) is 23.8 Å². The summed E-state index contributed by atoms with van der Waals surface area (Å²) in [5.41, 5.74) is 4.56. The van der Waals surface area contributed by atoms with Gasteiger partial charge >= 0.3 is 0 Å². The van der Waals surface area contributed by atoms with E-state index >= 15 is 0 Å². The van der Waals surface area contributed by atoms with Crippen LogP contribution in [0.3, 0.4) is 0 Å². The van der Waals surface area contributed by atoms with E-state index in [0.717, 1.165) is 20.0 Å². The number of aryl methyl sites for hydroxylation is 1. The summed E-state index contributed by atoms with van der Waals surface area (Å²) in [6, 6.07) is 16.4. The molecule has 0 bridgehead atoms. The van der Waals surface area contributed by atoms with Crippen molar-refractivity contribution in [3.05, 3.63) is 62.9 Å². The first kappa shape index (κ1) is 14.0. The van der Waals surface area contributed by atoms with Crippen LogP contribution < -0.4 is 0 Å². The molecule has 3 rings (SSSR count). The van der Waals surface area contributed by atoms with Crippen LogP contribution in [0.4, 0.5) is 0 Å². The van der Waals surface area contributed by atoms with Crippen molar-refractivity contribution < 1.29 is 0 Å². The van der Waals surface area contributed by atoms with Crippen molar-refractivity contribution in [1.29, 1.82) is 0 Å². The summed E-state index contributed by atoms with van der Waals surface area (Å²) in [5, 5.41) is 0.748. The summed E-state index contributed by atoms with van der Waals surface area (Å²) >= 11 is 11.8. The van der Waals surface area contributed by atoms with Crippen LogP contribution in [-0.4, -0.2) is 0 Å². The molecule has 2 aromatic carbocycles. The minimum Gasteiger partial charge on any atom is -0.0837 e. The lowest BCUT2D eigenvalue weighted by molar-refractivity contribution is 1.48. The summed E-state index contributed by atoms with van der Waals surface area (Å²) in [6.07, 6.45) is 0. The highest BCUT2D eigenvalue weighted by molar-refractivity contribution is 7.80. The molecule has 3 aromatic rings. The molecule has 0 amide bonds. The number of benzene rings is 2. The molecule has 0 saturated heterocycles. The smallest absolute Gasteiger partial charge is 0.0837 e. The molecule has 0 aliphatic heterocycles. The molecule has 0 nitrogen and oxygen atoms in total. The van der Waals surface area contributed by atoms with Gasteiger partial charge in [-0.25, -0.2) is 0 Å². The first-order valence-corrected chi connectivity index (χ1v) is 9.05. The van der Waals surface area contributed by atoms with E-state index in [1.165, 1.54) is 16.0 Å². The Morgan fingerprint density at radius 3 is 2.35 bits per heavy atom. The van der Waals surface area contributed by atoms with Crippen LogP contribution in [0.1, 0.15) is 5.56 Å². The van der Waals surface area contributed by atoms with E-state index in [1.54, 1.807) is 20.7 Å². The fourth-order valence-electron chi connectivity index (χ4n) is 2.05. The third-order valence-corrected chi connectivity index (χ3v) is 6.48. The van der Waals surface area contributed by atoms with Gasteiger partial charge in [-0.05, 0) is 18.6 Å². The highest BCUT2D eigenvalue weighted by atomic mass is 35.5. The lowest BCUT2D eigenvalue weighted by atomic mass is 10.0. The van der Waals surface area contributed by atoms with Gasteiger partial charge in [-0.1, -0.05) is 92.5 Å². The van der Waals surface area contributed by atoms with Gasteiger partial charge in [-0.3, -0.25) is 0 Å². The zero-order valence-electron chi connectivity index (χ0n) is 10.7. The number of hydrogen-bond donors (Lipinski definition) is 0. The topological polar surface area (TPSA) is 0 Å². The van der Waals surface area contributed by atoms with Crippen molar-refractivity contribution in [3.8, 4) is 21.6 Å². The fraction of sp³-hybridized carbons (Fsp3) is 0.0625. The molecule has 1 heterocycles. The molecule has 0 aliphatic rings.